The van der Waals surface area contributed by atoms with Gasteiger partial charge < -0.3 is 4.98 Å². The third-order valence-electron chi connectivity index (χ3n) is 5.11. The van der Waals surface area contributed by atoms with Gasteiger partial charge in [-0.3, -0.25) is 14.5 Å². The van der Waals surface area contributed by atoms with E-state index in [0.717, 1.165) is 6.54 Å². The molecule has 28 heavy (non-hydrogen) atoms. The van der Waals surface area contributed by atoms with E-state index in [2.05, 4.69) is 27.0 Å². The second-order valence-electron chi connectivity index (χ2n) is 7.98. The molecular weight excluding hydrogens is 350 g/mol. The predicted octanol–water partition coefficient (Wildman–Crippen LogP) is 3.42. The van der Waals surface area contributed by atoms with Crippen LogP contribution in [0.3, 0.4) is 0 Å². The summed E-state index contributed by atoms with van der Waals surface area (Å²) in [6.45, 7) is 5.94. The number of fused-ring (bicyclic) bond motifs is 1. The molecule has 142 valence electrons. The van der Waals surface area contributed by atoms with Crippen molar-refractivity contribution in [2.45, 2.75) is 20.4 Å². The van der Waals surface area contributed by atoms with Gasteiger partial charge in [-0.15, -0.1) is 0 Å². The fourth-order valence-electron chi connectivity index (χ4n) is 3.84. The molecular formula is C23H23N3O2. The van der Waals surface area contributed by atoms with E-state index in [0.29, 0.717) is 35.4 Å². The van der Waals surface area contributed by atoms with Crippen molar-refractivity contribution in [3.05, 3.63) is 81.9 Å². The summed E-state index contributed by atoms with van der Waals surface area (Å²) in [5.41, 5.74) is 1.83. The first-order chi connectivity index (χ1) is 13.4. The summed E-state index contributed by atoms with van der Waals surface area (Å²) in [5.74, 6) is 0.525. The quantitative estimate of drug-likeness (QED) is 0.715. The normalized spacial score (nSPS) is 18.6. The third-order valence-corrected chi connectivity index (χ3v) is 5.11. The number of nitrogens with one attached hydrogen (secondary N) is 1. The van der Waals surface area contributed by atoms with Gasteiger partial charge in [0, 0.05) is 30.6 Å². The summed E-state index contributed by atoms with van der Waals surface area (Å²) in [6, 6.07) is 17.4. The molecule has 0 atom stereocenters. The molecule has 0 spiro atoms. The number of ketones is 1. The van der Waals surface area contributed by atoms with Crippen LogP contribution in [0.5, 0.6) is 0 Å². The molecule has 0 amide bonds. The minimum Gasteiger partial charge on any atom is -0.306 e. The number of carbonyl (C=O) groups is 1. The lowest BCUT2D eigenvalue weighted by Crippen LogP contribution is -2.47. The number of aromatic amines is 1. The molecule has 5 nitrogen and oxygen atoms in total. The molecule has 0 aliphatic carbocycles. The number of piperidine rings is 1. The van der Waals surface area contributed by atoms with Gasteiger partial charge >= 0.3 is 0 Å². The van der Waals surface area contributed by atoms with Crippen molar-refractivity contribution in [2.24, 2.45) is 5.41 Å². The van der Waals surface area contributed by atoms with Crippen molar-refractivity contribution in [3.63, 3.8) is 0 Å². The molecule has 0 radical (unpaired) electrons. The van der Waals surface area contributed by atoms with Crippen LogP contribution in [0.1, 0.15) is 25.2 Å². The van der Waals surface area contributed by atoms with E-state index < -0.39 is 5.41 Å². The Labute approximate surface area is 163 Å². The summed E-state index contributed by atoms with van der Waals surface area (Å²) in [6.07, 6.45) is 1.73. The molecule has 1 aliphatic heterocycles. The number of carbonyl (C=O) groups excluding carboxylic acids is 1. The number of para-hydroxylation sites is 1. The molecule has 2 aromatic carbocycles. The average molecular weight is 373 g/mol. The van der Waals surface area contributed by atoms with Crippen LogP contribution in [-0.4, -0.2) is 33.7 Å². The lowest BCUT2D eigenvalue weighted by Gasteiger charge is -2.38. The first-order valence-corrected chi connectivity index (χ1v) is 9.43. The lowest BCUT2D eigenvalue weighted by molar-refractivity contribution is -0.126. The smallest absolute Gasteiger partial charge is 0.259 e. The van der Waals surface area contributed by atoms with Crippen LogP contribution in [0, 0.1) is 5.41 Å². The largest absolute Gasteiger partial charge is 0.306 e. The molecule has 5 heteroatoms. The summed E-state index contributed by atoms with van der Waals surface area (Å²) in [5, 5.41) is 0.547. The molecule has 4 rings (SSSR count). The van der Waals surface area contributed by atoms with Gasteiger partial charge in [0.15, 0.2) is 5.78 Å². The Balaban J connectivity index is 1.68. The summed E-state index contributed by atoms with van der Waals surface area (Å²) in [7, 11) is 0. The van der Waals surface area contributed by atoms with Gasteiger partial charge in [-0.25, -0.2) is 4.98 Å². The van der Waals surface area contributed by atoms with E-state index in [1.807, 2.05) is 44.2 Å². The first-order valence-electron chi connectivity index (χ1n) is 9.43. The standard InChI is InChI=1S/C23H23N3O2/c1-23(2)15-26(13-16-8-4-3-5-9-16)14-17(21(23)27)12-20-24-19-11-7-6-10-18(19)22(28)25-20/h3-12H,13-15H2,1-2H3,(H,24,25,28)/b17-12-. The Bertz CT molecular complexity index is 1110. The average Bonchev–Trinajstić information content (AvgIpc) is 2.66. The fourth-order valence-corrected chi connectivity index (χ4v) is 3.84. The molecule has 2 heterocycles. The second-order valence-corrected chi connectivity index (χ2v) is 7.98. The number of likely N-dealkylation sites (tertiary alicyclic amines) is 1. The molecule has 0 unspecified atom stereocenters. The highest BCUT2D eigenvalue weighted by molar-refractivity contribution is 6.04. The van der Waals surface area contributed by atoms with Crippen LogP contribution in [0.4, 0.5) is 0 Å². The van der Waals surface area contributed by atoms with E-state index in [-0.39, 0.29) is 11.3 Å². The number of hydrogen-bond donors (Lipinski definition) is 1. The minimum atomic E-state index is -0.490. The third kappa shape index (κ3) is 3.66. The summed E-state index contributed by atoms with van der Waals surface area (Å²) in [4.78, 5) is 34.9. The van der Waals surface area contributed by atoms with Crippen molar-refractivity contribution < 1.29 is 4.79 Å². The van der Waals surface area contributed by atoms with Crippen LogP contribution < -0.4 is 5.56 Å². The maximum absolute atomic E-state index is 13.0. The Morgan fingerprint density at radius 3 is 2.57 bits per heavy atom. The van der Waals surface area contributed by atoms with E-state index in [1.165, 1.54) is 5.56 Å². The molecule has 1 aliphatic rings. The second kappa shape index (κ2) is 7.17. The van der Waals surface area contributed by atoms with Gasteiger partial charge in [-0.1, -0.05) is 56.3 Å². The maximum Gasteiger partial charge on any atom is 0.259 e. The zero-order chi connectivity index (χ0) is 19.7. The number of benzene rings is 2. The molecule has 0 saturated carbocycles. The Morgan fingerprint density at radius 1 is 1.07 bits per heavy atom. The Hall–Kier alpha value is -3.05. The van der Waals surface area contributed by atoms with E-state index in [4.69, 9.17) is 0 Å². The van der Waals surface area contributed by atoms with Gasteiger partial charge in [-0.2, -0.15) is 0 Å². The van der Waals surface area contributed by atoms with Crippen molar-refractivity contribution in [1.29, 1.82) is 0 Å². The molecule has 0 bridgehead atoms. The van der Waals surface area contributed by atoms with Crippen LogP contribution in [0.25, 0.3) is 17.0 Å². The highest BCUT2D eigenvalue weighted by atomic mass is 16.1. The van der Waals surface area contributed by atoms with Crippen LogP contribution >= 0.6 is 0 Å². The zero-order valence-electron chi connectivity index (χ0n) is 16.1. The SMILES string of the molecule is CC1(C)CN(Cc2ccccc2)C/C(=C/c2nc3ccccc3c(=O)[nH]2)C1=O. The lowest BCUT2D eigenvalue weighted by atomic mass is 9.80. The predicted molar refractivity (Wildman–Crippen MR) is 111 cm³/mol. The monoisotopic (exact) mass is 373 g/mol. The molecule has 1 saturated heterocycles. The van der Waals surface area contributed by atoms with Gasteiger partial charge in [0.25, 0.3) is 5.56 Å². The molecule has 1 aromatic heterocycles. The van der Waals surface area contributed by atoms with Crippen molar-refractivity contribution in [3.8, 4) is 0 Å². The number of aromatic nitrogens is 2. The number of H-pyrrole nitrogens is 1. The van der Waals surface area contributed by atoms with Gasteiger partial charge in [-0.05, 0) is 23.8 Å². The molecule has 1 fully saturated rings. The zero-order valence-corrected chi connectivity index (χ0v) is 16.1. The Morgan fingerprint density at radius 2 is 1.79 bits per heavy atom. The number of nitrogens with zero attached hydrogens (tertiary/aromatic N) is 2. The number of hydrogen-bond acceptors (Lipinski definition) is 4. The van der Waals surface area contributed by atoms with Crippen LogP contribution in [-0.2, 0) is 11.3 Å². The van der Waals surface area contributed by atoms with E-state index in [9.17, 15) is 9.59 Å². The van der Waals surface area contributed by atoms with Gasteiger partial charge in [0.2, 0.25) is 0 Å². The summed E-state index contributed by atoms with van der Waals surface area (Å²) < 4.78 is 0. The van der Waals surface area contributed by atoms with Gasteiger partial charge in [0.1, 0.15) is 5.82 Å². The van der Waals surface area contributed by atoms with E-state index in [1.54, 1.807) is 18.2 Å². The highest BCUT2D eigenvalue weighted by Gasteiger charge is 2.37. The number of rotatable bonds is 3. The molecule has 1 N–H and O–H groups in total. The topological polar surface area (TPSA) is 66.1 Å². The minimum absolute atomic E-state index is 0.104. The van der Waals surface area contributed by atoms with Gasteiger partial charge in [0.05, 0.1) is 10.9 Å². The number of Topliss-reactive ketones (excluding diaryl/α,β-unsaturated/α-hetero) is 1. The van der Waals surface area contributed by atoms with E-state index >= 15 is 0 Å². The maximum atomic E-state index is 13.0. The fraction of sp³-hybridized carbons (Fsp3) is 0.261. The summed E-state index contributed by atoms with van der Waals surface area (Å²) >= 11 is 0. The first kappa shape index (κ1) is 18.3. The van der Waals surface area contributed by atoms with Crippen molar-refractivity contribution in [1.82, 2.24) is 14.9 Å². The van der Waals surface area contributed by atoms with Crippen LogP contribution in [0.15, 0.2) is 65.0 Å². The molecule has 3 aromatic rings. The van der Waals surface area contributed by atoms with Crippen LogP contribution in [0.2, 0.25) is 0 Å². The highest BCUT2D eigenvalue weighted by Crippen LogP contribution is 2.30. The van der Waals surface area contributed by atoms with Crippen molar-refractivity contribution in [2.75, 3.05) is 13.1 Å². The Kier molecular flexibility index (Phi) is 4.69. The van der Waals surface area contributed by atoms with Crippen molar-refractivity contribution >= 4 is 22.8 Å².